The van der Waals surface area contributed by atoms with Crippen molar-refractivity contribution in [3.8, 4) is 0 Å². The van der Waals surface area contributed by atoms with Crippen LogP contribution < -0.4 is 21.3 Å². The lowest BCUT2D eigenvalue weighted by molar-refractivity contribution is -0.136. The van der Waals surface area contributed by atoms with Crippen LogP contribution in [0.3, 0.4) is 0 Å². The summed E-state index contributed by atoms with van der Waals surface area (Å²) in [6.45, 7) is 1.07. The fourth-order valence-electron chi connectivity index (χ4n) is 5.83. The molecule has 0 aliphatic carbocycles. The maximum absolute atomic E-state index is 13.6. The molecule has 6 rings (SSSR count). The summed E-state index contributed by atoms with van der Waals surface area (Å²) in [6, 6.07) is 16.1. The Morgan fingerprint density at radius 2 is 1.76 bits per heavy atom. The van der Waals surface area contributed by atoms with Gasteiger partial charge in [-0.05, 0) is 54.8 Å². The van der Waals surface area contributed by atoms with Gasteiger partial charge >= 0.3 is 0 Å². The predicted molar refractivity (Wildman–Crippen MR) is 182 cm³/mol. The maximum Gasteiger partial charge on any atom is 0.270 e. The standard InChI is InChI=1S/C35H38FN9O4/c36-23-10-11-26-28(19-23)43-31(41-26)12-13-33(47)45-17-4-3-14-39-34(48)29(18-22-20-40-25-7-2-1-6-24(22)25)44-35(49)27-8-5-9-30(42-27)37-15-16-38-32(46)21-45/h1-2,5-11,19-20,29,40H,3-4,12-18,21H2,(H,37,42)(H,38,46)(H,39,48)(H,41,43)(H,44,49)/t29-/m0/s1. The number of para-hydroxylation sites is 1. The van der Waals surface area contributed by atoms with E-state index in [1.165, 1.54) is 17.0 Å². The van der Waals surface area contributed by atoms with Crippen molar-refractivity contribution < 1.29 is 23.6 Å². The van der Waals surface area contributed by atoms with Crippen molar-refractivity contribution in [3.05, 3.63) is 89.8 Å². The summed E-state index contributed by atoms with van der Waals surface area (Å²) < 4.78 is 13.6. The number of fused-ring (bicyclic) bond motifs is 4. The van der Waals surface area contributed by atoms with Crippen LogP contribution in [0.15, 0.2) is 66.9 Å². The Bertz CT molecular complexity index is 1970. The number of rotatable bonds is 5. The Morgan fingerprint density at radius 1 is 0.898 bits per heavy atom. The van der Waals surface area contributed by atoms with E-state index in [1.807, 2.05) is 30.5 Å². The summed E-state index contributed by atoms with van der Waals surface area (Å²) in [5, 5.41) is 12.7. The first kappa shape index (κ1) is 33.1. The molecule has 1 aliphatic heterocycles. The molecule has 0 saturated carbocycles. The number of anilines is 1. The minimum Gasteiger partial charge on any atom is -0.368 e. The molecular formula is C35H38FN9O4. The van der Waals surface area contributed by atoms with Gasteiger partial charge in [-0.15, -0.1) is 0 Å². The number of amides is 4. The van der Waals surface area contributed by atoms with E-state index in [0.717, 1.165) is 16.5 Å². The second kappa shape index (κ2) is 15.4. The number of nitrogens with one attached hydrogen (secondary N) is 6. The van der Waals surface area contributed by atoms with Crippen LogP contribution in [0.2, 0.25) is 0 Å². The van der Waals surface area contributed by atoms with Gasteiger partial charge in [-0.25, -0.2) is 14.4 Å². The van der Waals surface area contributed by atoms with Gasteiger partial charge in [0.25, 0.3) is 5.91 Å². The quantitative estimate of drug-likeness (QED) is 0.167. The summed E-state index contributed by atoms with van der Waals surface area (Å²) in [5.41, 5.74) is 3.12. The van der Waals surface area contributed by atoms with E-state index in [-0.39, 0.29) is 55.2 Å². The van der Waals surface area contributed by atoms with Gasteiger partial charge in [0.05, 0.1) is 17.6 Å². The van der Waals surface area contributed by atoms with Gasteiger partial charge in [-0.2, -0.15) is 0 Å². The number of carbonyl (C=O) groups excluding carboxylic acids is 4. The van der Waals surface area contributed by atoms with Gasteiger partial charge in [0, 0.05) is 62.5 Å². The molecule has 2 aromatic carbocycles. The van der Waals surface area contributed by atoms with E-state index in [2.05, 4.69) is 41.2 Å². The molecule has 5 aromatic rings. The molecule has 13 nitrogen and oxygen atoms in total. The van der Waals surface area contributed by atoms with Crippen LogP contribution in [0, 0.1) is 5.82 Å². The molecule has 1 atom stereocenters. The number of hydrogen-bond acceptors (Lipinski definition) is 7. The molecule has 0 saturated heterocycles. The van der Waals surface area contributed by atoms with Crippen LogP contribution in [-0.2, 0) is 27.2 Å². The topological polar surface area (TPSA) is 177 Å². The van der Waals surface area contributed by atoms with E-state index in [1.54, 1.807) is 24.3 Å². The van der Waals surface area contributed by atoms with Crippen LogP contribution in [0.25, 0.3) is 21.9 Å². The molecule has 2 bridgehead atoms. The lowest BCUT2D eigenvalue weighted by atomic mass is 10.0. The van der Waals surface area contributed by atoms with Gasteiger partial charge in [0.2, 0.25) is 17.7 Å². The Kier molecular flexibility index (Phi) is 10.4. The van der Waals surface area contributed by atoms with Crippen LogP contribution >= 0.6 is 0 Å². The second-order valence-electron chi connectivity index (χ2n) is 11.9. The number of H-pyrrole nitrogens is 2. The van der Waals surface area contributed by atoms with Crippen molar-refractivity contribution in [2.75, 3.05) is 38.0 Å². The SMILES string of the molecule is O=C1CN(C(=O)CCc2nc3ccc(F)cc3[nH]2)CCCCNC(=O)[C@H](Cc2c[nH]c3ccccc23)NC(=O)c2cccc(n2)NCCN1. The van der Waals surface area contributed by atoms with Gasteiger partial charge in [0.1, 0.15) is 29.2 Å². The number of halogens is 1. The number of nitrogens with zero attached hydrogens (tertiary/aromatic N) is 3. The zero-order valence-electron chi connectivity index (χ0n) is 26.9. The number of aromatic nitrogens is 4. The number of aromatic amines is 2. The Hall–Kier alpha value is -5.79. The third kappa shape index (κ3) is 8.58. The fourth-order valence-corrected chi connectivity index (χ4v) is 5.83. The first-order valence-corrected chi connectivity index (χ1v) is 16.4. The molecule has 49 heavy (non-hydrogen) atoms. The van der Waals surface area contributed by atoms with Gasteiger partial charge in [-0.1, -0.05) is 24.3 Å². The normalized spacial score (nSPS) is 17.0. The highest BCUT2D eigenvalue weighted by Gasteiger charge is 2.24. The third-order valence-electron chi connectivity index (χ3n) is 8.37. The Morgan fingerprint density at radius 3 is 2.65 bits per heavy atom. The first-order valence-electron chi connectivity index (χ1n) is 16.4. The molecule has 4 amide bonds. The average Bonchev–Trinajstić information content (AvgIpc) is 3.71. The van der Waals surface area contributed by atoms with Crippen LogP contribution in [-0.4, -0.2) is 87.2 Å². The summed E-state index contributed by atoms with van der Waals surface area (Å²) >= 11 is 0. The van der Waals surface area contributed by atoms with Crippen LogP contribution in [0.1, 0.15) is 41.1 Å². The molecule has 0 spiro atoms. The molecule has 0 fully saturated rings. The van der Waals surface area contributed by atoms with E-state index in [9.17, 15) is 23.6 Å². The first-order chi connectivity index (χ1) is 23.8. The van der Waals surface area contributed by atoms with Crippen molar-refractivity contribution >= 4 is 51.4 Å². The molecule has 0 unspecified atom stereocenters. The number of aryl methyl sites for hydroxylation is 1. The summed E-state index contributed by atoms with van der Waals surface area (Å²) in [4.78, 5) is 69.6. The number of pyridine rings is 1. The second-order valence-corrected chi connectivity index (χ2v) is 11.9. The summed E-state index contributed by atoms with van der Waals surface area (Å²) in [5.74, 6) is -0.768. The smallest absolute Gasteiger partial charge is 0.270 e. The lowest BCUT2D eigenvalue weighted by Crippen LogP contribution is -2.48. The molecule has 4 heterocycles. The van der Waals surface area contributed by atoms with E-state index in [0.29, 0.717) is 61.6 Å². The highest BCUT2D eigenvalue weighted by atomic mass is 19.1. The van der Waals surface area contributed by atoms with Crippen molar-refractivity contribution in [3.63, 3.8) is 0 Å². The number of imidazole rings is 1. The summed E-state index contributed by atoms with van der Waals surface area (Å²) in [6.07, 6.45) is 3.56. The average molecular weight is 668 g/mol. The van der Waals surface area contributed by atoms with Crippen molar-refractivity contribution in [2.24, 2.45) is 0 Å². The molecule has 14 heteroatoms. The fraction of sp³-hybridized carbons (Fsp3) is 0.314. The van der Waals surface area contributed by atoms with E-state index >= 15 is 0 Å². The molecular weight excluding hydrogens is 629 g/mol. The minimum absolute atomic E-state index is 0.102. The zero-order chi connectivity index (χ0) is 34.2. The maximum atomic E-state index is 13.6. The Balaban J connectivity index is 1.14. The number of benzene rings is 2. The molecule has 0 radical (unpaired) electrons. The van der Waals surface area contributed by atoms with Gasteiger partial charge in [-0.3, -0.25) is 19.2 Å². The summed E-state index contributed by atoms with van der Waals surface area (Å²) in [7, 11) is 0. The van der Waals surface area contributed by atoms with Crippen molar-refractivity contribution in [1.29, 1.82) is 0 Å². The molecule has 254 valence electrons. The molecule has 6 N–H and O–H groups in total. The highest BCUT2D eigenvalue weighted by molar-refractivity contribution is 5.97. The molecule has 1 aliphatic rings. The molecule has 3 aromatic heterocycles. The third-order valence-corrected chi connectivity index (χ3v) is 8.37. The van der Waals surface area contributed by atoms with Crippen molar-refractivity contribution in [2.45, 2.75) is 38.1 Å². The highest BCUT2D eigenvalue weighted by Crippen LogP contribution is 2.20. The van der Waals surface area contributed by atoms with Crippen LogP contribution in [0.4, 0.5) is 10.2 Å². The lowest BCUT2D eigenvalue weighted by Gasteiger charge is -2.22. The monoisotopic (exact) mass is 667 g/mol. The van der Waals surface area contributed by atoms with Gasteiger partial charge < -0.3 is 36.1 Å². The zero-order valence-corrected chi connectivity index (χ0v) is 26.9. The predicted octanol–water partition coefficient (Wildman–Crippen LogP) is 2.82. The number of hydrogen-bond donors (Lipinski definition) is 6. The van der Waals surface area contributed by atoms with Crippen LogP contribution in [0.5, 0.6) is 0 Å². The largest absolute Gasteiger partial charge is 0.368 e. The van der Waals surface area contributed by atoms with Gasteiger partial charge in [0.15, 0.2) is 0 Å². The Labute approximate surface area is 281 Å². The number of carbonyl (C=O) groups is 4. The van der Waals surface area contributed by atoms with E-state index < -0.39 is 11.9 Å². The van der Waals surface area contributed by atoms with E-state index in [4.69, 9.17) is 0 Å². The van der Waals surface area contributed by atoms with Crippen molar-refractivity contribution in [1.82, 2.24) is 40.8 Å². The minimum atomic E-state index is -0.873.